The van der Waals surface area contributed by atoms with Crippen LogP contribution in [-0.4, -0.2) is 35.8 Å². The number of anilines is 2. The summed E-state index contributed by atoms with van der Waals surface area (Å²) in [6.07, 6.45) is 0.679. The Morgan fingerprint density at radius 2 is 2.14 bits per heavy atom. The van der Waals surface area contributed by atoms with Gasteiger partial charge in [0.25, 0.3) is 0 Å². The Balaban J connectivity index is 1.99. The Kier molecular flexibility index (Phi) is 4.18. The van der Waals surface area contributed by atoms with Crippen LogP contribution < -0.4 is 16.8 Å². The predicted octanol–water partition coefficient (Wildman–Crippen LogP) is 0.793. The van der Waals surface area contributed by atoms with Gasteiger partial charge in [0.05, 0.1) is 11.5 Å². The molecular formula is C15H22N4O2. The van der Waals surface area contributed by atoms with Crippen LogP contribution in [0.3, 0.4) is 0 Å². The number of benzene rings is 1. The number of nitrogens with one attached hydrogen (secondary N) is 1. The largest absolute Gasteiger partial charge is 0.399 e. The van der Waals surface area contributed by atoms with Crippen molar-refractivity contribution in [2.75, 3.05) is 24.1 Å². The van der Waals surface area contributed by atoms with Crippen molar-refractivity contribution in [3.8, 4) is 0 Å². The van der Waals surface area contributed by atoms with Gasteiger partial charge in [0, 0.05) is 24.5 Å². The first-order chi connectivity index (χ1) is 9.82. The maximum absolute atomic E-state index is 12.3. The molecule has 6 nitrogen and oxygen atoms in total. The van der Waals surface area contributed by atoms with E-state index in [9.17, 15) is 9.59 Å². The van der Waals surface area contributed by atoms with Gasteiger partial charge in [-0.3, -0.25) is 14.5 Å². The van der Waals surface area contributed by atoms with E-state index in [0.29, 0.717) is 30.9 Å². The SMILES string of the molecule is CC(C(=O)Nc1cccc(N)c1)N1CCC(C)(C(N)=O)C1. The number of primary amides is 1. The molecule has 1 aromatic carbocycles. The molecule has 114 valence electrons. The van der Waals surface area contributed by atoms with Gasteiger partial charge in [-0.2, -0.15) is 0 Å². The van der Waals surface area contributed by atoms with E-state index in [1.165, 1.54) is 0 Å². The van der Waals surface area contributed by atoms with E-state index in [1.807, 2.05) is 18.7 Å². The third-order valence-corrected chi connectivity index (χ3v) is 4.18. The van der Waals surface area contributed by atoms with Crippen LogP contribution in [0.1, 0.15) is 20.3 Å². The first kappa shape index (κ1) is 15.3. The number of hydrogen-bond donors (Lipinski definition) is 3. The van der Waals surface area contributed by atoms with Gasteiger partial charge in [-0.25, -0.2) is 0 Å². The van der Waals surface area contributed by atoms with Crippen LogP contribution in [-0.2, 0) is 9.59 Å². The summed E-state index contributed by atoms with van der Waals surface area (Å²) in [6.45, 7) is 4.87. The summed E-state index contributed by atoms with van der Waals surface area (Å²) in [4.78, 5) is 25.7. The smallest absolute Gasteiger partial charge is 0.241 e. The van der Waals surface area contributed by atoms with E-state index in [2.05, 4.69) is 5.32 Å². The number of amides is 2. The zero-order valence-electron chi connectivity index (χ0n) is 12.4. The molecule has 0 radical (unpaired) electrons. The summed E-state index contributed by atoms with van der Waals surface area (Å²) in [5.41, 5.74) is 11.8. The van der Waals surface area contributed by atoms with Gasteiger partial charge in [0.1, 0.15) is 0 Å². The maximum Gasteiger partial charge on any atom is 0.241 e. The number of rotatable bonds is 4. The van der Waals surface area contributed by atoms with Gasteiger partial charge in [-0.05, 0) is 38.5 Å². The highest BCUT2D eigenvalue weighted by molar-refractivity contribution is 5.95. The van der Waals surface area contributed by atoms with Crippen molar-refractivity contribution < 1.29 is 9.59 Å². The molecule has 2 rings (SSSR count). The van der Waals surface area contributed by atoms with Crippen LogP contribution in [0.4, 0.5) is 11.4 Å². The molecule has 2 atom stereocenters. The molecule has 0 spiro atoms. The van der Waals surface area contributed by atoms with Gasteiger partial charge in [-0.1, -0.05) is 6.07 Å². The van der Waals surface area contributed by atoms with Crippen LogP contribution in [0.15, 0.2) is 24.3 Å². The number of likely N-dealkylation sites (tertiary alicyclic amines) is 1. The number of nitrogen functional groups attached to an aromatic ring is 1. The van der Waals surface area contributed by atoms with Crippen LogP contribution >= 0.6 is 0 Å². The van der Waals surface area contributed by atoms with E-state index in [1.54, 1.807) is 24.3 Å². The fourth-order valence-electron chi connectivity index (χ4n) is 2.56. The molecule has 6 heteroatoms. The molecule has 0 aromatic heterocycles. The first-order valence-electron chi connectivity index (χ1n) is 7.02. The van der Waals surface area contributed by atoms with Crippen LogP contribution in [0, 0.1) is 5.41 Å². The lowest BCUT2D eigenvalue weighted by Gasteiger charge is -2.25. The molecule has 0 aliphatic carbocycles. The van der Waals surface area contributed by atoms with Crippen molar-refractivity contribution in [1.82, 2.24) is 4.90 Å². The Bertz CT molecular complexity index is 560. The number of carbonyl (C=O) groups excluding carboxylic acids is 2. The van der Waals surface area contributed by atoms with E-state index >= 15 is 0 Å². The normalized spacial score (nSPS) is 23.7. The lowest BCUT2D eigenvalue weighted by Crippen LogP contribution is -2.43. The summed E-state index contributed by atoms with van der Waals surface area (Å²) in [7, 11) is 0. The highest BCUT2D eigenvalue weighted by atomic mass is 16.2. The molecule has 2 amide bonds. The summed E-state index contributed by atoms with van der Waals surface area (Å²) >= 11 is 0. The van der Waals surface area contributed by atoms with E-state index < -0.39 is 5.41 Å². The fraction of sp³-hybridized carbons (Fsp3) is 0.467. The van der Waals surface area contributed by atoms with E-state index in [-0.39, 0.29) is 17.9 Å². The van der Waals surface area contributed by atoms with E-state index in [4.69, 9.17) is 11.5 Å². The Labute approximate surface area is 124 Å². The topological polar surface area (TPSA) is 101 Å². The molecule has 5 N–H and O–H groups in total. The molecule has 1 aromatic rings. The van der Waals surface area contributed by atoms with E-state index in [0.717, 1.165) is 0 Å². The molecule has 1 saturated heterocycles. The zero-order chi connectivity index (χ0) is 15.6. The van der Waals surface area contributed by atoms with Crippen LogP contribution in [0.2, 0.25) is 0 Å². The highest BCUT2D eigenvalue weighted by Crippen LogP contribution is 2.30. The van der Waals surface area contributed by atoms with Crippen molar-refractivity contribution in [2.45, 2.75) is 26.3 Å². The summed E-state index contributed by atoms with van der Waals surface area (Å²) < 4.78 is 0. The third-order valence-electron chi connectivity index (χ3n) is 4.18. The lowest BCUT2D eigenvalue weighted by molar-refractivity contribution is -0.127. The minimum atomic E-state index is -0.550. The van der Waals surface area contributed by atoms with Crippen molar-refractivity contribution in [3.05, 3.63) is 24.3 Å². The van der Waals surface area contributed by atoms with Gasteiger partial charge < -0.3 is 16.8 Å². The van der Waals surface area contributed by atoms with Gasteiger partial charge in [0.15, 0.2) is 0 Å². The van der Waals surface area contributed by atoms with Crippen molar-refractivity contribution >= 4 is 23.2 Å². The second-order valence-corrected chi connectivity index (χ2v) is 5.94. The summed E-state index contributed by atoms with van der Waals surface area (Å²) in [6, 6.07) is 6.72. The average molecular weight is 290 g/mol. The fourth-order valence-corrected chi connectivity index (χ4v) is 2.56. The zero-order valence-corrected chi connectivity index (χ0v) is 12.4. The van der Waals surface area contributed by atoms with Crippen molar-refractivity contribution in [1.29, 1.82) is 0 Å². The minimum Gasteiger partial charge on any atom is -0.399 e. The van der Waals surface area contributed by atoms with Gasteiger partial charge in [0.2, 0.25) is 11.8 Å². The summed E-state index contributed by atoms with van der Waals surface area (Å²) in [5, 5.41) is 2.84. The number of nitrogens with two attached hydrogens (primary N) is 2. The Morgan fingerprint density at radius 1 is 1.43 bits per heavy atom. The second-order valence-electron chi connectivity index (χ2n) is 5.94. The summed E-state index contributed by atoms with van der Waals surface area (Å²) in [5.74, 6) is -0.428. The molecule has 21 heavy (non-hydrogen) atoms. The Morgan fingerprint density at radius 3 is 2.71 bits per heavy atom. The monoisotopic (exact) mass is 290 g/mol. The molecule has 1 aliphatic heterocycles. The van der Waals surface area contributed by atoms with Crippen molar-refractivity contribution in [3.63, 3.8) is 0 Å². The predicted molar refractivity (Wildman–Crippen MR) is 82.4 cm³/mol. The second kappa shape index (κ2) is 5.73. The molecular weight excluding hydrogens is 268 g/mol. The molecule has 1 fully saturated rings. The molecule has 1 heterocycles. The highest BCUT2D eigenvalue weighted by Gasteiger charge is 2.41. The minimum absolute atomic E-state index is 0.116. The molecule has 0 bridgehead atoms. The number of carbonyl (C=O) groups is 2. The average Bonchev–Trinajstić information content (AvgIpc) is 2.82. The van der Waals surface area contributed by atoms with Gasteiger partial charge >= 0.3 is 0 Å². The standard InChI is InChI=1S/C15H22N4O2/c1-10(19-7-6-15(2,9-19)14(17)21)13(20)18-12-5-3-4-11(16)8-12/h3-5,8,10H,6-7,9,16H2,1-2H3,(H2,17,21)(H,18,20). The first-order valence-corrected chi connectivity index (χ1v) is 7.02. The molecule has 1 aliphatic rings. The maximum atomic E-state index is 12.3. The van der Waals surface area contributed by atoms with Crippen LogP contribution in [0.25, 0.3) is 0 Å². The third kappa shape index (κ3) is 3.33. The number of hydrogen-bond acceptors (Lipinski definition) is 4. The molecule has 2 unspecified atom stereocenters. The lowest BCUT2D eigenvalue weighted by atomic mass is 9.89. The Hall–Kier alpha value is -2.08. The van der Waals surface area contributed by atoms with Crippen molar-refractivity contribution in [2.24, 2.45) is 11.1 Å². The quantitative estimate of drug-likeness (QED) is 0.714. The molecule has 0 saturated carbocycles. The van der Waals surface area contributed by atoms with Gasteiger partial charge in [-0.15, -0.1) is 0 Å². The number of nitrogens with zero attached hydrogens (tertiary/aromatic N) is 1. The van der Waals surface area contributed by atoms with Crippen LogP contribution in [0.5, 0.6) is 0 Å².